The highest BCUT2D eigenvalue weighted by molar-refractivity contribution is 7.99. The van der Waals surface area contributed by atoms with Crippen LogP contribution in [0.3, 0.4) is 0 Å². The summed E-state index contributed by atoms with van der Waals surface area (Å²) in [7, 11) is -1.30. The molecule has 1 fully saturated rings. The number of nitrogens with zero attached hydrogens (tertiary/aromatic N) is 4. The fourth-order valence-electron chi connectivity index (χ4n) is 3.21. The number of benzene rings is 1. The van der Waals surface area contributed by atoms with E-state index in [1.54, 1.807) is 0 Å². The van der Waals surface area contributed by atoms with E-state index < -0.39 is 27.9 Å². The summed E-state index contributed by atoms with van der Waals surface area (Å²) in [6, 6.07) is 4.24. The second-order valence-electron chi connectivity index (χ2n) is 7.03. The first-order valence-electron chi connectivity index (χ1n) is 9.61. The van der Waals surface area contributed by atoms with E-state index in [-0.39, 0.29) is 27.2 Å². The molecule has 0 aliphatic carbocycles. The first-order chi connectivity index (χ1) is 15.0. The van der Waals surface area contributed by atoms with E-state index in [1.807, 2.05) is 0 Å². The second kappa shape index (κ2) is 9.67. The number of hydrogen-bond donors (Lipinski definition) is 1. The van der Waals surface area contributed by atoms with Crippen LogP contribution in [-0.4, -0.2) is 59.3 Å². The van der Waals surface area contributed by atoms with Crippen molar-refractivity contribution in [2.24, 2.45) is 7.05 Å². The molecular weight excluding hydrogens is 471 g/mol. The first-order valence-corrected chi connectivity index (χ1v) is 12.0. The van der Waals surface area contributed by atoms with Crippen molar-refractivity contribution in [3.63, 3.8) is 0 Å². The molecule has 1 aromatic carbocycles. The average Bonchev–Trinajstić information content (AvgIpc) is 3.13. The molecular formula is C18H22F3N5O4S2. The Morgan fingerprint density at radius 3 is 2.50 bits per heavy atom. The minimum absolute atomic E-state index is 0.0597. The molecule has 1 aromatic heterocycles. The van der Waals surface area contributed by atoms with Crippen LogP contribution in [0.2, 0.25) is 0 Å². The lowest BCUT2D eigenvalue weighted by molar-refractivity contribution is -0.147. The molecule has 0 saturated carbocycles. The van der Waals surface area contributed by atoms with Gasteiger partial charge < -0.3 is 14.6 Å². The monoisotopic (exact) mass is 493 g/mol. The zero-order valence-electron chi connectivity index (χ0n) is 17.3. The van der Waals surface area contributed by atoms with Gasteiger partial charge in [-0.15, -0.1) is 10.2 Å². The van der Waals surface area contributed by atoms with E-state index in [0.29, 0.717) is 13.1 Å². The molecule has 1 aliphatic heterocycles. The summed E-state index contributed by atoms with van der Waals surface area (Å²) >= 11 is 0.778. The van der Waals surface area contributed by atoms with Gasteiger partial charge in [0.2, 0.25) is 21.8 Å². The lowest BCUT2D eigenvalue weighted by Crippen LogP contribution is -2.35. The topological polar surface area (TPSA) is 106 Å². The highest BCUT2D eigenvalue weighted by Crippen LogP contribution is 2.32. The summed E-state index contributed by atoms with van der Waals surface area (Å²) in [6.45, 7) is 0.826. The van der Waals surface area contributed by atoms with Gasteiger partial charge in [-0.1, -0.05) is 18.2 Å². The Morgan fingerprint density at radius 1 is 1.22 bits per heavy atom. The van der Waals surface area contributed by atoms with Crippen LogP contribution in [0.5, 0.6) is 5.75 Å². The van der Waals surface area contributed by atoms with Crippen molar-refractivity contribution in [3.8, 4) is 5.75 Å². The highest BCUT2D eigenvalue weighted by Gasteiger charge is 2.37. The maximum Gasteiger partial charge on any atom is 0.451 e. The summed E-state index contributed by atoms with van der Waals surface area (Å²) in [4.78, 5) is 12.3. The minimum atomic E-state index is -4.65. The van der Waals surface area contributed by atoms with Crippen molar-refractivity contribution >= 4 is 33.4 Å². The predicted molar refractivity (Wildman–Crippen MR) is 111 cm³/mol. The summed E-state index contributed by atoms with van der Waals surface area (Å²) in [5, 5.41) is 9.04. The van der Waals surface area contributed by atoms with Gasteiger partial charge in [0.15, 0.2) is 5.16 Å². The van der Waals surface area contributed by atoms with Gasteiger partial charge in [0.05, 0.1) is 12.9 Å². The number of alkyl halides is 3. The molecule has 0 bridgehead atoms. The number of rotatable bonds is 7. The Labute approximate surface area is 187 Å². The Balaban J connectivity index is 1.72. The van der Waals surface area contributed by atoms with Gasteiger partial charge in [-0.3, -0.25) is 4.79 Å². The number of halogens is 3. The summed E-state index contributed by atoms with van der Waals surface area (Å²) < 4.78 is 71.9. The number of hydrogen-bond acceptors (Lipinski definition) is 7. The molecule has 14 heteroatoms. The fraction of sp³-hybridized carbons (Fsp3) is 0.500. The quantitative estimate of drug-likeness (QED) is 0.591. The zero-order valence-corrected chi connectivity index (χ0v) is 19.0. The summed E-state index contributed by atoms with van der Waals surface area (Å²) in [6.07, 6.45) is -2.14. The number of carbonyl (C=O) groups is 1. The lowest BCUT2D eigenvalue weighted by Gasteiger charge is -2.26. The molecule has 1 N–H and O–H groups in total. The molecule has 176 valence electrons. The zero-order chi connectivity index (χ0) is 23.5. The van der Waals surface area contributed by atoms with E-state index in [1.165, 1.54) is 29.6 Å². The van der Waals surface area contributed by atoms with Gasteiger partial charge in [0.1, 0.15) is 10.6 Å². The van der Waals surface area contributed by atoms with E-state index in [0.717, 1.165) is 42.6 Å². The molecule has 1 saturated heterocycles. The Bertz CT molecular complexity index is 1080. The first kappa shape index (κ1) is 24.3. The Morgan fingerprint density at radius 2 is 1.91 bits per heavy atom. The summed E-state index contributed by atoms with van der Waals surface area (Å²) in [5.74, 6) is -1.80. The van der Waals surface area contributed by atoms with Crippen molar-refractivity contribution in [1.29, 1.82) is 0 Å². The third-order valence-electron chi connectivity index (χ3n) is 4.80. The van der Waals surface area contributed by atoms with Crippen molar-refractivity contribution in [1.82, 2.24) is 19.1 Å². The van der Waals surface area contributed by atoms with Crippen LogP contribution in [0.1, 0.15) is 25.1 Å². The maximum atomic E-state index is 13.1. The van der Waals surface area contributed by atoms with Crippen molar-refractivity contribution in [3.05, 3.63) is 24.0 Å². The number of sulfonamides is 1. The molecule has 1 aliphatic rings. The average molecular weight is 494 g/mol. The molecule has 1 amide bonds. The molecule has 9 nitrogen and oxygen atoms in total. The van der Waals surface area contributed by atoms with E-state index in [4.69, 9.17) is 4.74 Å². The maximum absolute atomic E-state index is 13.1. The number of methoxy groups -OCH3 is 1. The largest absolute Gasteiger partial charge is 0.495 e. The Hall–Kier alpha value is -2.32. The second-order valence-corrected chi connectivity index (χ2v) is 9.88. The lowest BCUT2D eigenvalue weighted by atomic mass is 10.2. The van der Waals surface area contributed by atoms with Crippen LogP contribution in [0.25, 0.3) is 0 Å². The number of thioether (sulfide) groups is 1. The molecule has 0 unspecified atom stereocenters. The van der Waals surface area contributed by atoms with Crippen molar-refractivity contribution in [2.75, 3.05) is 31.3 Å². The van der Waals surface area contributed by atoms with E-state index in [9.17, 15) is 26.4 Å². The highest BCUT2D eigenvalue weighted by atomic mass is 32.2. The van der Waals surface area contributed by atoms with Crippen LogP contribution in [0.4, 0.5) is 18.9 Å². The van der Waals surface area contributed by atoms with Gasteiger partial charge in [0.25, 0.3) is 0 Å². The Kier molecular flexibility index (Phi) is 7.35. The number of aromatic nitrogens is 3. The van der Waals surface area contributed by atoms with Gasteiger partial charge in [-0.25, -0.2) is 8.42 Å². The third kappa shape index (κ3) is 5.35. The fourth-order valence-corrected chi connectivity index (χ4v) is 5.62. The number of anilines is 1. The smallest absolute Gasteiger partial charge is 0.451 e. The van der Waals surface area contributed by atoms with Crippen molar-refractivity contribution in [2.45, 2.75) is 35.5 Å². The number of nitrogens with one attached hydrogen (secondary N) is 1. The van der Waals surface area contributed by atoms with Crippen LogP contribution in [0, 0.1) is 0 Å². The van der Waals surface area contributed by atoms with Crippen LogP contribution >= 0.6 is 11.8 Å². The van der Waals surface area contributed by atoms with E-state index in [2.05, 4.69) is 15.5 Å². The number of carbonyl (C=O) groups excluding carboxylic acids is 1. The molecule has 3 rings (SSSR count). The van der Waals surface area contributed by atoms with Gasteiger partial charge in [0, 0.05) is 25.8 Å². The van der Waals surface area contributed by atoms with Crippen LogP contribution < -0.4 is 10.1 Å². The van der Waals surface area contributed by atoms with Crippen molar-refractivity contribution < 1.29 is 31.1 Å². The molecule has 0 spiro atoms. The van der Waals surface area contributed by atoms with Gasteiger partial charge in [-0.2, -0.15) is 17.5 Å². The molecule has 2 heterocycles. The minimum Gasteiger partial charge on any atom is -0.495 e. The number of piperidine rings is 1. The summed E-state index contributed by atoms with van der Waals surface area (Å²) in [5.41, 5.74) is 0.223. The van der Waals surface area contributed by atoms with Gasteiger partial charge in [-0.05, 0) is 31.0 Å². The van der Waals surface area contributed by atoms with Gasteiger partial charge >= 0.3 is 6.18 Å². The predicted octanol–water partition coefficient (Wildman–Crippen LogP) is 2.75. The normalized spacial score (nSPS) is 15.5. The number of amides is 1. The van der Waals surface area contributed by atoms with E-state index >= 15 is 0 Å². The van der Waals surface area contributed by atoms with Crippen LogP contribution in [-0.2, 0) is 28.0 Å². The SMILES string of the molecule is COc1ccc(NC(=O)CSc2nnc(C(F)(F)F)n2C)cc1S(=O)(=O)N1CCCCC1. The molecule has 0 radical (unpaired) electrons. The number of ether oxygens (including phenoxy) is 1. The third-order valence-corrected chi connectivity index (χ3v) is 7.74. The standard InChI is InChI=1S/C18H22F3N5O4S2/c1-25-16(18(19,20)21)23-24-17(25)31-11-15(27)22-12-6-7-13(30-2)14(10-12)32(28,29)26-8-4-3-5-9-26/h6-7,10H,3-5,8-9,11H2,1-2H3,(H,22,27). The molecule has 2 aromatic rings. The molecule has 32 heavy (non-hydrogen) atoms. The molecule has 0 atom stereocenters. The van der Waals surface area contributed by atoms with Crippen LogP contribution in [0.15, 0.2) is 28.3 Å².